The van der Waals surface area contributed by atoms with Crippen LogP contribution in [0.5, 0.6) is 5.75 Å². The average molecular weight is 348 g/mol. The van der Waals surface area contributed by atoms with E-state index in [1.807, 2.05) is 30.3 Å². The van der Waals surface area contributed by atoms with Gasteiger partial charge in [-0.15, -0.1) is 0 Å². The molecule has 0 spiro atoms. The smallest absolute Gasteiger partial charge is 0.265 e. The van der Waals surface area contributed by atoms with E-state index in [-0.39, 0.29) is 17.4 Å². The lowest BCUT2D eigenvalue weighted by Gasteiger charge is -2.10. The molecule has 0 amide bonds. The van der Waals surface area contributed by atoms with Gasteiger partial charge in [-0.1, -0.05) is 48.5 Å². The molecule has 132 valence electrons. The molecule has 1 heterocycles. The van der Waals surface area contributed by atoms with E-state index in [1.54, 1.807) is 37.4 Å². The monoisotopic (exact) mass is 348 g/mol. The number of carbonyl (C=O) groups excluding carboxylic acids is 1. The van der Waals surface area contributed by atoms with Gasteiger partial charge < -0.3 is 15.4 Å². The summed E-state index contributed by atoms with van der Waals surface area (Å²) in [5, 5.41) is 10.9. The molecule has 1 atom stereocenters. The standard InChI is InChI=1S/C21H20N2O3/c1-23-17-12-6-5-10-15(17)20(25)19(21(23)26)18(24)13-7-11-16(22)14-8-3-2-4-9-14/h2-10,12-13,16,25H,11,22H2,1H3/b13-7+/t16-/m1/s1. The van der Waals surface area contributed by atoms with Crippen LogP contribution in [0.4, 0.5) is 0 Å². The molecule has 0 fully saturated rings. The van der Waals surface area contributed by atoms with E-state index in [0.29, 0.717) is 17.3 Å². The first-order valence-electron chi connectivity index (χ1n) is 8.32. The molecule has 0 saturated carbocycles. The fourth-order valence-electron chi connectivity index (χ4n) is 2.94. The minimum Gasteiger partial charge on any atom is -0.506 e. The normalized spacial score (nSPS) is 12.5. The number of hydrogen-bond acceptors (Lipinski definition) is 4. The van der Waals surface area contributed by atoms with Gasteiger partial charge in [0.15, 0.2) is 5.78 Å². The van der Waals surface area contributed by atoms with Crippen molar-refractivity contribution in [1.29, 1.82) is 0 Å². The Morgan fingerprint density at radius 1 is 1.15 bits per heavy atom. The van der Waals surface area contributed by atoms with Gasteiger partial charge in [0.05, 0.1) is 5.52 Å². The summed E-state index contributed by atoms with van der Waals surface area (Å²) in [4.78, 5) is 25.0. The molecule has 3 aromatic rings. The molecule has 0 saturated heterocycles. The largest absolute Gasteiger partial charge is 0.506 e. The summed E-state index contributed by atoms with van der Waals surface area (Å²) in [6.07, 6.45) is 3.38. The number of benzene rings is 2. The van der Waals surface area contributed by atoms with Gasteiger partial charge in [0.1, 0.15) is 11.3 Å². The van der Waals surface area contributed by atoms with Crippen molar-refractivity contribution in [2.75, 3.05) is 0 Å². The van der Waals surface area contributed by atoms with E-state index in [0.717, 1.165) is 5.56 Å². The number of aromatic nitrogens is 1. The van der Waals surface area contributed by atoms with Crippen LogP contribution in [-0.2, 0) is 7.05 Å². The van der Waals surface area contributed by atoms with Gasteiger partial charge in [-0.2, -0.15) is 0 Å². The van der Waals surface area contributed by atoms with E-state index >= 15 is 0 Å². The Bertz CT molecular complexity index is 1040. The first-order chi connectivity index (χ1) is 12.5. The molecule has 3 N–H and O–H groups in total. The number of allylic oxidation sites excluding steroid dienone is 1. The fourth-order valence-corrected chi connectivity index (χ4v) is 2.94. The van der Waals surface area contributed by atoms with Crippen molar-refractivity contribution < 1.29 is 9.90 Å². The number of aromatic hydroxyl groups is 1. The Kier molecular flexibility index (Phi) is 5.00. The van der Waals surface area contributed by atoms with Crippen LogP contribution in [0.25, 0.3) is 10.9 Å². The fraction of sp³-hybridized carbons (Fsp3) is 0.143. The van der Waals surface area contributed by atoms with Gasteiger partial charge in [-0.3, -0.25) is 9.59 Å². The topological polar surface area (TPSA) is 85.3 Å². The lowest BCUT2D eigenvalue weighted by molar-refractivity contribution is 0.104. The predicted octanol–water partition coefficient (Wildman–Crippen LogP) is 3.07. The molecule has 0 bridgehead atoms. The minimum absolute atomic E-state index is 0.226. The number of nitrogens with zero attached hydrogens (tertiary/aromatic N) is 1. The summed E-state index contributed by atoms with van der Waals surface area (Å²) in [6, 6.07) is 16.2. The third-order valence-corrected chi connectivity index (χ3v) is 4.41. The molecule has 1 aromatic heterocycles. The predicted molar refractivity (Wildman–Crippen MR) is 102 cm³/mol. The van der Waals surface area contributed by atoms with Crippen LogP contribution in [-0.4, -0.2) is 15.5 Å². The van der Waals surface area contributed by atoms with E-state index < -0.39 is 11.3 Å². The number of ketones is 1. The number of aryl methyl sites for hydroxylation is 1. The van der Waals surface area contributed by atoms with Crippen molar-refractivity contribution >= 4 is 16.7 Å². The number of rotatable bonds is 5. The highest BCUT2D eigenvalue weighted by molar-refractivity contribution is 6.09. The van der Waals surface area contributed by atoms with Gasteiger partial charge in [0.25, 0.3) is 5.56 Å². The summed E-state index contributed by atoms with van der Waals surface area (Å²) < 4.78 is 1.37. The SMILES string of the molecule is Cn1c(=O)c(C(=O)/C=C/C[C@@H](N)c2ccccc2)c(O)c2ccccc21. The molecule has 0 aliphatic heterocycles. The van der Waals surface area contributed by atoms with Crippen molar-refractivity contribution in [3.8, 4) is 5.75 Å². The number of fused-ring (bicyclic) bond motifs is 1. The third kappa shape index (κ3) is 3.30. The summed E-state index contributed by atoms with van der Waals surface area (Å²) in [5.41, 5.74) is 6.89. The second-order valence-electron chi connectivity index (χ2n) is 6.12. The molecule has 5 heteroatoms. The maximum Gasteiger partial charge on any atom is 0.265 e. The zero-order valence-electron chi connectivity index (χ0n) is 14.4. The highest BCUT2D eigenvalue weighted by Crippen LogP contribution is 2.26. The Morgan fingerprint density at radius 2 is 1.81 bits per heavy atom. The molecule has 2 aromatic carbocycles. The zero-order chi connectivity index (χ0) is 18.7. The summed E-state index contributed by atoms with van der Waals surface area (Å²) in [6.45, 7) is 0. The molecular weight excluding hydrogens is 328 g/mol. The lowest BCUT2D eigenvalue weighted by atomic mass is 10.0. The van der Waals surface area contributed by atoms with Crippen LogP contribution in [0.3, 0.4) is 0 Å². The van der Waals surface area contributed by atoms with Crippen LogP contribution in [0.1, 0.15) is 28.4 Å². The van der Waals surface area contributed by atoms with Gasteiger partial charge in [-0.25, -0.2) is 0 Å². The van der Waals surface area contributed by atoms with Crippen LogP contribution in [0.2, 0.25) is 0 Å². The van der Waals surface area contributed by atoms with Crippen LogP contribution in [0, 0.1) is 0 Å². The average Bonchev–Trinajstić information content (AvgIpc) is 2.67. The first kappa shape index (κ1) is 17.6. The summed E-state index contributed by atoms with van der Waals surface area (Å²) in [7, 11) is 1.58. The van der Waals surface area contributed by atoms with E-state index in [2.05, 4.69) is 0 Å². The Balaban J connectivity index is 1.87. The number of pyridine rings is 1. The Hall–Kier alpha value is -3.18. The Labute approximate surface area is 151 Å². The molecule has 0 unspecified atom stereocenters. The van der Waals surface area contributed by atoms with Crippen LogP contribution >= 0.6 is 0 Å². The van der Waals surface area contributed by atoms with Gasteiger partial charge in [0, 0.05) is 18.5 Å². The number of para-hydroxylation sites is 1. The van der Waals surface area contributed by atoms with Crippen LogP contribution in [0.15, 0.2) is 71.5 Å². The zero-order valence-corrected chi connectivity index (χ0v) is 14.4. The highest BCUT2D eigenvalue weighted by Gasteiger charge is 2.19. The summed E-state index contributed by atoms with van der Waals surface area (Å²) >= 11 is 0. The molecule has 0 radical (unpaired) electrons. The molecule has 0 aliphatic carbocycles. The van der Waals surface area contributed by atoms with Crippen molar-refractivity contribution in [3.63, 3.8) is 0 Å². The maximum atomic E-state index is 12.5. The lowest BCUT2D eigenvalue weighted by Crippen LogP contribution is -2.24. The molecule has 26 heavy (non-hydrogen) atoms. The second-order valence-corrected chi connectivity index (χ2v) is 6.12. The van der Waals surface area contributed by atoms with Crippen molar-refractivity contribution in [1.82, 2.24) is 4.57 Å². The van der Waals surface area contributed by atoms with Crippen molar-refractivity contribution in [2.24, 2.45) is 12.8 Å². The second kappa shape index (κ2) is 7.37. The van der Waals surface area contributed by atoms with Gasteiger partial charge >= 0.3 is 0 Å². The number of hydrogen-bond donors (Lipinski definition) is 2. The minimum atomic E-state index is -0.533. The van der Waals surface area contributed by atoms with E-state index in [9.17, 15) is 14.7 Å². The number of carbonyl (C=O) groups is 1. The van der Waals surface area contributed by atoms with Crippen LogP contribution < -0.4 is 11.3 Å². The quantitative estimate of drug-likeness (QED) is 0.548. The molecule has 3 rings (SSSR count). The van der Waals surface area contributed by atoms with Crippen molar-refractivity contribution in [3.05, 3.63) is 88.2 Å². The van der Waals surface area contributed by atoms with Gasteiger partial charge in [0.2, 0.25) is 0 Å². The van der Waals surface area contributed by atoms with Gasteiger partial charge in [-0.05, 0) is 30.2 Å². The summed E-state index contributed by atoms with van der Waals surface area (Å²) in [5.74, 6) is -0.820. The number of nitrogens with two attached hydrogens (primary N) is 1. The molecule has 5 nitrogen and oxygen atoms in total. The van der Waals surface area contributed by atoms with E-state index in [1.165, 1.54) is 10.6 Å². The van der Waals surface area contributed by atoms with E-state index in [4.69, 9.17) is 5.73 Å². The van der Waals surface area contributed by atoms with Crippen molar-refractivity contribution in [2.45, 2.75) is 12.5 Å². The third-order valence-electron chi connectivity index (χ3n) is 4.41. The molecular formula is C21H20N2O3. The Morgan fingerprint density at radius 3 is 2.54 bits per heavy atom. The maximum absolute atomic E-state index is 12.5. The first-order valence-corrected chi connectivity index (χ1v) is 8.32. The highest BCUT2D eigenvalue weighted by atomic mass is 16.3. The molecule has 0 aliphatic rings.